The van der Waals surface area contributed by atoms with Gasteiger partial charge in [-0.2, -0.15) is 0 Å². The van der Waals surface area contributed by atoms with E-state index < -0.39 is 22.3 Å². The van der Waals surface area contributed by atoms with Crippen molar-refractivity contribution in [1.82, 2.24) is 4.90 Å². The standard InChI is InChI=1S/C26H32ClN3O8/c1-3-5-21(31)17-25(37-23-11-7-19(8-12-23)29(33)34)28(16-15-27)26(18-22(32)6-4-2)38-24-13-9-20(10-14-24)30(35)36/h7-14,25-26H,3-6,15-18H2,1-2H3. The SMILES string of the molecule is CCCC(=O)CC(Oc1ccc([N+](=O)[O-])cc1)N(CCCl)C(CC(=O)CCC)Oc1ccc([N+](=O)[O-])cc1. The zero-order valence-corrected chi connectivity index (χ0v) is 22.2. The van der Waals surface area contributed by atoms with Crippen LogP contribution in [0.5, 0.6) is 11.5 Å². The van der Waals surface area contributed by atoms with Crippen LogP contribution in [0.2, 0.25) is 0 Å². The van der Waals surface area contributed by atoms with Crippen LogP contribution < -0.4 is 9.47 Å². The second-order valence-corrected chi connectivity index (χ2v) is 8.94. The molecule has 206 valence electrons. The van der Waals surface area contributed by atoms with Crippen molar-refractivity contribution in [3.8, 4) is 11.5 Å². The van der Waals surface area contributed by atoms with Gasteiger partial charge in [0.05, 0.1) is 22.7 Å². The van der Waals surface area contributed by atoms with Crippen LogP contribution in [-0.2, 0) is 9.59 Å². The van der Waals surface area contributed by atoms with Crippen molar-refractivity contribution in [2.45, 2.75) is 64.8 Å². The van der Waals surface area contributed by atoms with E-state index in [1.165, 1.54) is 48.5 Å². The maximum Gasteiger partial charge on any atom is 0.269 e. The van der Waals surface area contributed by atoms with Gasteiger partial charge in [-0.1, -0.05) is 13.8 Å². The molecule has 0 radical (unpaired) electrons. The summed E-state index contributed by atoms with van der Waals surface area (Å²) in [6, 6.07) is 10.9. The minimum Gasteiger partial charge on any atom is -0.475 e. The first-order valence-corrected chi connectivity index (χ1v) is 12.9. The zero-order valence-electron chi connectivity index (χ0n) is 21.4. The molecular weight excluding hydrogens is 518 g/mol. The van der Waals surface area contributed by atoms with Gasteiger partial charge in [0.1, 0.15) is 23.1 Å². The van der Waals surface area contributed by atoms with Gasteiger partial charge in [0, 0.05) is 49.5 Å². The number of ketones is 2. The average molecular weight is 550 g/mol. The lowest BCUT2D eigenvalue weighted by atomic mass is 10.1. The Hall–Kier alpha value is -3.57. The molecule has 0 spiro atoms. The molecule has 2 unspecified atom stereocenters. The highest BCUT2D eigenvalue weighted by Crippen LogP contribution is 2.26. The van der Waals surface area contributed by atoms with Gasteiger partial charge in [0.25, 0.3) is 11.4 Å². The first-order chi connectivity index (χ1) is 18.2. The Labute approximate surface area is 226 Å². The third-order valence-corrected chi connectivity index (χ3v) is 5.75. The van der Waals surface area contributed by atoms with Crippen LogP contribution in [0, 0.1) is 20.2 Å². The Bertz CT molecular complexity index is 995. The van der Waals surface area contributed by atoms with E-state index >= 15 is 0 Å². The van der Waals surface area contributed by atoms with Gasteiger partial charge in [-0.25, -0.2) is 4.90 Å². The summed E-state index contributed by atoms with van der Waals surface area (Å²) >= 11 is 6.12. The van der Waals surface area contributed by atoms with E-state index in [0.717, 1.165) is 0 Å². The summed E-state index contributed by atoms with van der Waals surface area (Å²) in [5.41, 5.74) is -0.226. The number of hydrogen-bond donors (Lipinski definition) is 0. The second kappa shape index (κ2) is 15.6. The highest BCUT2D eigenvalue weighted by atomic mass is 35.5. The molecule has 38 heavy (non-hydrogen) atoms. The van der Waals surface area contributed by atoms with Crippen LogP contribution in [-0.4, -0.2) is 51.2 Å². The van der Waals surface area contributed by atoms with Crippen LogP contribution >= 0.6 is 11.6 Å². The monoisotopic (exact) mass is 549 g/mol. The van der Waals surface area contributed by atoms with Crippen molar-refractivity contribution in [3.05, 3.63) is 68.8 Å². The van der Waals surface area contributed by atoms with Gasteiger partial charge < -0.3 is 9.47 Å². The number of carbonyl (C=O) groups is 2. The predicted octanol–water partition coefficient (Wildman–Crippen LogP) is 5.67. The molecule has 0 N–H and O–H groups in total. The van der Waals surface area contributed by atoms with E-state index in [1.807, 2.05) is 13.8 Å². The fourth-order valence-electron chi connectivity index (χ4n) is 3.78. The third kappa shape index (κ3) is 9.71. The molecule has 0 heterocycles. The van der Waals surface area contributed by atoms with E-state index in [2.05, 4.69) is 0 Å². The average Bonchev–Trinajstić information content (AvgIpc) is 2.87. The minimum absolute atomic E-state index is 0.0379. The number of non-ortho nitro benzene ring substituents is 2. The molecule has 0 amide bonds. The third-order valence-electron chi connectivity index (χ3n) is 5.58. The summed E-state index contributed by atoms with van der Waals surface area (Å²) in [4.78, 5) is 48.1. The molecule has 0 saturated carbocycles. The Morgan fingerprint density at radius 1 is 0.789 bits per heavy atom. The van der Waals surface area contributed by atoms with Gasteiger partial charge >= 0.3 is 0 Å². The maximum absolute atomic E-state index is 12.7. The van der Waals surface area contributed by atoms with Crippen molar-refractivity contribution in [2.24, 2.45) is 0 Å². The van der Waals surface area contributed by atoms with Gasteiger partial charge in [0.2, 0.25) is 0 Å². The lowest BCUT2D eigenvalue weighted by molar-refractivity contribution is -0.385. The normalized spacial score (nSPS) is 12.5. The number of alkyl halides is 1. The Morgan fingerprint density at radius 2 is 1.16 bits per heavy atom. The fourth-order valence-corrected chi connectivity index (χ4v) is 3.98. The summed E-state index contributed by atoms with van der Waals surface area (Å²) in [7, 11) is 0. The van der Waals surface area contributed by atoms with Crippen molar-refractivity contribution in [3.63, 3.8) is 0 Å². The van der Waals surface area contributed by atoms with E-state index in [-0.39, 0.29) is 48.2 Å². The van der Waals surface area contributed by atoms with Crippen molar-refractivity contribution in [2.75, 3.05) is 12.4 Å². The zero-order chi connectivity index (χ0) is 28.1. The van der Waals surface area contributed by atoms with Crippen molar-refractivity contribution >= 4 is 34.5 Å². The van der Waals surface area contributed by atoms with Crippen LogP contribution in [0.15, 0.2) is 48.5 Å². The molecule has 0 aliphatic rings. The van der Waals surface area contributed by atoms with Gasteiger partial charge in [-0.05, 0) is 37.1 Å². The Morgan fingerprint density at radius 3 is 1.45 bits per heavy atom. The summed E-state index contributed by atoms with van der Waals surface area (Å²) in [6.45, 7) is 3.95. The Balaban J connectivity index is 2.44. The predicted molar refractivity (Wildman–Crippen MR) is 142 cm³/mol. The number of rotatable bonds is 18. The molecule has 2 aromatic rings. The van der Waals surface area contributed by atoms with Crippen LogP contribution in [0.4, 0.5) is 11.4 Å². The van der Waals surface area contributed by atoms with E-state index in [9.17, 15) is 29.8 Å². The first kappa shape index (κ1) is 30.7. The summed E-state index contributed by atoms with van der Waals surface area (Å²) < 4.78 is 12.3. The first-order valence-electron chi connectivity index (χ1n) is 12.4. The van der Waals surface area contributed by atoms with Crippen LogP contribution in [0.25, 0.3) is 0 Å². The van der Waals surface area contributed by atoms with Crippen LogP contribution in [0.3, 0.4) is 0 Å². The molecule has 0 bridgehead atoms. The topological polar surface area (TPSA) is 142 Å². The van der Waals surface area contributed by atoms with E-state index in [4.69, 9.17) is 21.1 Å². The molecule has 0 fully saturated rings. The molecule has 2 aromatic carbocycles. The van der Waals surface area contributed by atoms with Crippen molar-refractivity contribution < 1.29 is 28.9 Å². The van der Waals surface area contributed by atoms with E-state index in [1.54, 1.807) is 4.90 Å². The smallest absolute Gasteiger partial charge is 0.269 e. The molecule has 0 aliphatic heterocycles. The summed E-state index contributed by atoms with van der Waals surface area (Å²) in [5, 5.41) is 22.1. The summed E-state index contributed by atoms with van der Waals surface area (Å²) in [5.74, 6) is 0.558. The van der Waals surface area contributed by atoms with Crippen molar-refractivity contribution in [1.29, 1.82) is 0 Å². The lowest BCUT2D eigenvalue weighted by Crippen LogP contribution is -2.51. The number of nitro groups is 2. The Kier molecular flexibility index (Phi) is 12.6. The highest BCUT2D eigenvalue weighted by Gasteiger charge is 2.32. The van der Waals surface area contributed by atoms with Gasteiger partial charge in [0.15, 0.2) is 12.5 Å². The lowest BCUT2D eigenvalue weighted by Gasteiger charge is -2.37. The number of nitro benzene ring substituents is 2. The molecule has 2 rings (SSSR count). The summed E-state index contributed by atoms with van der Waals surface area (Å²) in [6.07, 6.45) is 0.0355. The largest absolute Gasteiger partial charge is 0.475 e. The molecule has 12 heteroatoms. The molecule has 0 saturated heterocycles. The number of hydrogen-bond acceptors (Lipinski definition) is 9. The second-order valence-electron chi connectivity index (χ2n) is 8.56. The molecule has 0 aromatic heterocycles. The van der Waals surface area contributed by atoms with E-state index in [0.29, 0.717) is 37.2 Å². The number of carbonyl (C=O) groups excluding carboxylic acids is 2. The number of halogens is 1. The minimum atomic E-state index is -0.897. The fraction of sp³-hybridized carbons (Fsp3) is 0.462. The highest BCUT2D eigenvalue weighted by molar-refractivity contribution is 6.18. The molecular formula is C26H32ClN3O8. The quantitative estimate of drug-likeness (QED) is 0.0993. The number of benzene rings is 2. The molecule has 11 nitrogen and oxygen atoms in total. The van der Waals surface area contributed by atoms with Gasteiger partial charge in [-0.15, -0.1) is 11.6 Å². The van der Waals surface area contributed by atoms with Gasteiger partial charge in [-0.3, -0.25) is 29.8 Å². The maximum atomic E-state index is 12.7. The number of nitrogens with zero attached hydrogens (tertiary/aromatic N) is 3. The number of ether oxygens (including phenoxy) is 2. The number of Topliss-reactive ketones (excluding diaryl/α,β-unsaturated/α-hetero) is 2. The molecule has 0 aliphatic carbocycles. The molecule has 2 atom stereocenters. The van der Waals surface area contributed by atoms with Crippen LogP contribution in [0.1, 0.15) is 52.4 Å².